The van der Waals surface area contributed by atoms with Crippen LogP contribution in [0, 0.1) is 11.6 Å². The third kappa shape index (κ3) is 3.16. The number of hydrogen-bond acceptors (Lipinski definition) is 3. The second kappa shape index (κ2) is 6.41. The number of halogens is 3. The van der Waals surface area contributed by atoms with Gasteiger partial charge in [-0.05, 0) is 40.2 Å². The van der Waals surface area contributed by atoms with E-state index in [1.165, 1.54) is 14.2 Å². The average Bonchev–Trinajstić information content (AvgIpc) is 2.49. The molecule has 6 heteroatoms. The highest BCUT2D eigenvalue weighted by atomic mass is 79.9. The second-order valence-corrected chi connectivity index (χ2v) is 5.23. The van der Waals surface area contributed by atoms with Gasteiger partial charge in [0, 0.05) is 17.2 Å². The van der Waals surface area contributed by atoms with E-state index in [0.717, 1.165) is 12.1 Å². The largest absolute Gasteiger partial charge is 0.497 e. The van der Waals surface area contributed by atoms with Crippen molar-refractivity contribution >= 4 is 15.9 Å². The van der Waals surface area contributed by atoms with Crippen molar-refractivity contribution in [3.63, 3.8) is 0 Å². The lowest BCUT2D eigenvalue weighted by atomic mass is 9.98. The Labute approximate surface area is 129 Å². The molecule has 3 nitrogen and oxygen atoms in total. The summed E-state index contributed by atoms with van der Waals surface area (Å²) in [6.07, 6.45) is 0. The molecule has 0 aliphatic heterocycles. The van der Waals surface area contributed by atoms with Crippen LogP contribution in [-0.2, 0) is 0 Å². The van der Waals surface area contributed by atoms with Crippen molar-refractivity contribution in [1.29, 1.82) is 0 Å². The molecule has 2 aromatic rings. The van der Waals surface area contributed by atoms with Gasteiger partial charge in [-0.15, -0.1) is 0 Å². The SMILES string of the molecule is COc1ccc(C(N)c2cc(F)c(Br)cc2F)c(OC)c1. The Balaban J connectivity index is 2.49. The van der Waals surface area contributed by atoms with Gasteiger partial charge >= 0.3 is 0 Å². The third-order valence-corrected chi connectivity index (χ3v) is 3.76. The van der Waals surface area contributed by atoms with E-state index < -0.39 is 17.7 Å². The van der Waals surface area contributed by atoms with Crippen LogP contribution in [0.4, 0.5) is 8.78 Å². The summed E-state index contributed by atoms with van der Waals surface area (Å²) in [6, 6.07) is 6.27. The van der Waals surface area contributed by atoms with E-state index in [1.807, 2.05) is 0 Å². The van der Waals surface area contributed by atoms with Crippen LogP contribution in [0.3, 0.4) is 0 Å². The highest BCUT2D eigenvalue weighted by molar-refractivity contribution is 9.10. The fourth-order valence-corrected chi connectivity index (χ4v) is 2.33. The number of benzene rings is 2. The molecule has 0 fully saturated rings. The molecule has 1 atom stereocenters. The molecule has 2 aromatic carbocycles. The van der Waals surface area contributed by atoms with Gasteiger partial charge < -0.3 is 15.2 Å². The van der Waals surface area contributed by atoms with E-state index in [4.69, 9.17) is 15.2 Å². The molecule has 0 aliphatic rings. The normalized spacial score (nSPS) is 12.1. The molecule has 21 heavy (non-hydrogen) atoms. The minimum atomic E-state index is -0.853. The highest BCUT2D eigenvalue weighted by Crippen LogP contribution is 2.33. The van der Waals surface area contributed by atoms with Crippen LogP contribution in [0.5, 0.6) is 11.5 Å². The van der Waals surface area contributed by atoms with Crippen LogP contribution >= 0.6 is 15.9 Å². The number of hydrogen-bond donors (Lipinski definition) is 1. The van der Waals surface area contributed by atoms with Gasteiger partial charge in [-0.1, -0.05) is 0 Å². The molecule has 0 aliphatic carbocycles. The Morgan fingerprint density at radius 3 is 2.33 bits per heavy atom. The Kier molecular flexibility index (Phi) is 4.80. The zero-order valence-electron chi connectivity index (χ0n) is 11.5. The number of methoxy groups -OCH3 is 2. The quantitative estimate of drug-likeness (QED) is 0.846. The predicted octanol–water partition coefficient (Wildman–Crippen LogP) is 3.79. The summed E-state index contributed by atoms with van der Waals surface area (Å²) < 4.78 is 38.0. The Morgan fingerprint density at radius 2 is 1.71 bits per heavy atom. The van der Waals surface area contributed by atoms with Gasteiger partial charge in [0.1, 0.15) is 23.1 Å². The molecule has 0 radical (unpaired) electrons. The van der Waals surface area contributed by atoms with Crippen LogP contribution < -0.4 is 15.2 Å². The summed E-state index contributed by atoms with van der Waals surface area (Å²) in [7, 11) is 3.00. The predicted molar refractivity (Wildman–Crippen MR) is 79.6 cm³/mol. The smallest absolute Gasteiger partial charge is 0.137 e. The Bertz CT molecular complexity index is 664. The second-order valence-electron chi connectivity index (χ2n) is 4.37. The molecule has 0 saturated heterocycles. The van der Waals surface area contributed by atoms with Crippen molar-refractivity contribution in [3.05, 3.63) is 57.6 Å². The first-order chi connectivity index (χ1) is 9.97. The summed E-state index contributed by atoms with van der Waals surface area (Å²) in [4.78, 5) is 0. The van der Waals surface area contributed by atoms with E-state index in [9.17, 15) is 8.78 Å². The van der Waals surface area contributed by atoms with E-state index >= 15 is 0 Å². The van der Waals surface area contributed by atoms with Crippen molar-refractivity contribution in [1.82, 2.24) is 0 Å². The Morgan fingerprint density at radius 1 is 1.00 bits per heavy atom. The molecule has 0 saturated carbocycles. The lowest BCUT2D eigenvalue weighted by molar-refractivity contribution is 0.389. The lowest BCUT2D eigenvalue weighted by Crippen LogP contribution is -2.15. The molecule has 1 unspecified atom stereocenters. The number of rotatable bonds is 4. The van der Waals surface area contributed by atoms with Gasteiger partial charge in [-0.2, -0.15) is 0 Å². The fourth-order valence-electron chi connectivity index (χ4n) is 2.02. The molecule has 112 valence electrons. The summed E-state index contributed by atoms with van der Waals surface area (Å²) in [5.74, 6) is -0.127. The fraction of sp³-hybridized carbons (Fsp3) is 0.200. The van der Waals surface area contributed by atoms with Gasteiger partial charge in [0.15, 0.2) is 0 Å². The molecule has 0 bridgehead atoms. The molecule has 0 amide bonds. The first kappa shape index (κ1) is 15.7. The van der Waals surface area contributed by atoms with E-state index in [1.54, 1.807) is 18.2 Å². The summed E-state index contributed by atoms with van der Waals surface area (Å²) >= 11 is 2.94. The van der Waals surface area contributed by atoms with Gasteiger partial charge in [-0.3, -0.25) is 0 Å². The molecule has 0 spiro atoms. The summed E-state index contributed by atoms with van der Waals surface area (Å²) in [5, 5.41) is 0. The standard InChI is InChI=1S/C15H14BrF2NO2/c1-20-8-3-4-9(14(5-8)21-2)15(19)10-6-13(18)11(16)7-12(10)17/h3-7,15H,19H2,1-2H3. The summed E-state index contributed by atoms with van der Waals surface area (Å²) in [6.45, 7) is 0. The average molecular weight is 358 g/mol. The number of nitrogens with two attached hydrogens (primary N) is 1. The lowest BCUT2D eigenvalue weighted by Gasteiger charge is -2.18. The van der Waals surface area contributed by atoms with E-state index in [2.05, 4.69) is 15.9 Å². The van der Waals surface area contributed by atoms with Crippen LogP contribution in [0.2, 0.25) is 0 Å². The molecule has 2 rings (SSSR count). The van der Waals surface area contributed by atoms with Crippen LogP contribution in [0.1, 0.15) is 17.2 Å². The van der Waals surface area contributed by atoms with Crippen LogP contribution in [0.15, 0.2) is 34.8 Å². The zero-order chi connectivity index (χ0) is 15.6. The van der Waals surface area contributed by atoms with E-state index in [0.29, 0.717) is 17.1 Å². The van der Waals surface area contributed by atoms with Crippen LogP contribution in [0.25, 0.3) is 0 Å². The maximum Gasteiger partial charge on any atom is 0.137 e. The van der Waals surface area contributed by atoms with Crippen LogP contribution in [-0.4, -0.2) is 14.2 Å². The first-order valence-corrected chi connectivity index (χ1v) is 6.89. The van der Waals surface area contributed by atoms with Gasteiger partial charge in [0.25, 0.3) is 0 Å². The van der Waals surface area contributed by atoms with Crippen molar-refractivity contribution < 1.29 is 18.3 Å². The van der Waals surface area contributed by atoms with Crippen molar-refractivity contribution in [2.75, 3.05) is 14.2 Å². The van der Waals surface area contributed by atoms with Crippen molar-refractivity contribution in [2.45, 2.75) is 6.04 Å². The molecule has 2 N–H and O–H groups in total. The zero-order valence-corrected chi connectivity index (χ0v) is 13.1. The highest BCUT2D eigenvalue weighted by Gasteiger charge is 2.20. The molecular weight excluding hydrogens is 344 g/mol. The maximum absolute atomic E-state index is 14.0. The molecular formula is C15H14BrF2NO2. The van der Waals surface area contributed by atoms with Gasteiger partial charge in [0.2, 0.25) is 0 Å². The molecule has 0 heterocycles. The van der Waals surface area contributed by atoms with E-state index in [-0.39, 0.29) is 10.0 Å². The van der Waals surface area contributed by atoms with Crippen molar-refractivity contribution in [2.24, 2.45) is 5.73 Å². The topological polar surface area (TPSA) is 44.5 Å². The first-order valence-electron chi connectivity index (χ1n) is 6.10. The van der Waals surface area contributed by atoms with Gasteiger partial charge in [-0.25, -0.2) is 8.78 Å². The minimum absolute atomic E-state index is 0.0534. The van der Waals surface area contributed by atoms with Gasteiger partial charge in [0.05, 0.1) is 24.7 Å². The monoisotopic (exact) mass is 357 g/mol. The molecule has 0 aromatic heterocycles. The van der Waals surface area contributed by atoms with Crippen molar-refractivity contribution in [3.8, 4) is 11.5 Å². The summed E-state index contributed by atoms with van der Waals surface area (Å²) in [5.41, 5.74) is 6.66. The maximum atomic E-state index is 14.0. The third-order valence-electron chi connectivity index (χ3n) is 3.15. The Hall–Kier alpha value is -1.66. The number of ether oxygens (including phenoxy) is 2. The minimum Gasteiger partial charge on any atom is -0.497 e.